The number of benzene rings is 1. The van der Waals surface area contributed by atoms with Crippen molar-refractivity contribution in [3.8, 4) is 0 Å². The first-order chi connectivity index (χ1) is 15.2. The predicted octanol–water partition coefficient (Wildman–Crippen LogP) is 1.82. The molecule has 1 saturated heterocycles. The van der Waals surface area contributed by atoms with Crippen molar-refractivity contribution >= 4 is 40.4 Å². The van der Waals surface area contributed by atoms with E-state index >= 15 is 0 Å². The number of thiophene rings is 1. The lowest BCUT2D eigenvalue weighted by Gasteiger charge is -2.44. The van der Waals surface area contributed by atoms with Crippen LogP contribution in [0, 0.1) is 16.0 Å². The van der Waals surface area contributed by atoms with Crippen molar-refractivity contribution in [3.63, 3.8) is 0 Å². The smallest absolute Gasteiger partial charge is 0.355 e. The quantitative estimate of drug-likeness (QED) is 0.278. The summed E-state index contributed by atoms with van der Waals surface area (Å²) in [5, 5.41) is 22.4. The summed E-state index contributed by atoms with van der Waals surface area (Å²) in [7, 11) is 0. The van der Waals surface area contributed by atoms with Gasteiger partial charge in [0.25, 0.3) is 11.6 Å². The highest BCUT2D eigenvalue weighted by Gasteiger charge is 2.57. The first kappa shape index (κ1) is 21.7. The van der Waals surface area contributed by atoms with Gasteiger partial charge in [-0.15, -0.1) is 11.3 Å². The third-order valence-electron chi connectivity index (χ3n) is 5.63. The molecule has 1 aromatic carbocycles. The van der Waals surface area contributed by atoms with Crippen LogP contribution in [-0.4, -0.2) is 44.9 Å². The number of rotatable bonds is 7. The minimum absolute atomic E-state index is 0.0765. The van der Waals surface area contributed by atoms with Crippen LogP contribution in [0.4, 0.5) is 5.69 Å². The lowest BCUT2D eigenvalue weighted by atomic mass is 9.82. The molecule has 32 heavy (non-hydrogen) atoms. The topological polar surface area (TPSA) is 153 Å². The zero-order valence-electron chi connectivity index (χ0n) is 16.9. The second kappa shape index (κ2) is 8.17. The largest absolute Gasteiger partial charge is 0.456 e. The highest BCUT2D eigenvalue weighted by Crippen LogP contribution is 2.47. The molecule has 2 aliphatic heterocycles. The van der Waals surface area contributed by atoms with Crippen LogP contribution in [0.3, 0.4) is 0 Å². The molecular formula is C21H19N3O7S. The minimum atomic E-state index is -0.871. The Balaban J connectivity index is 1.60. The van der Waals surface area contributed by atoms with Crippen molar-refractivity contribution in [1.29, 1.82) is 0 Å². The maximum atomic E-state index is 13.0. The number of carbonyl (C=O) groups excluding carboxylic acids is 3. The van der Waals surface area contributed by atoms with E-state index in [2.05, 4.69) is 0 Å². The van der Waals surface area contributed by atoms with Crippen molar-refractivity contribution in [2.24, 2.45) is 11.7 Å². The Kier molecular flexibility index (Phi) is 5.53. The summed E-state index contributed by atoms with van der Waals surface area (Å²) in [6.45, 7) is 1.39. The lowest BCUT2D eigenvalue weighted by Crippen LogP contribution is -2.61. The molecule has 3 heterocycles. The molecule has 0 saturated carbocycles. The first-order valence-electron chi connectivity index (χ1n) is 9.72. The molecule has 2 aliphatic rings. The van der Waals surface area contributed by atoms with E-state index in [-0.39, 0.29) is 29.9 Å². The van der Waals surface area contributed by atoms with E-state index < -0.39 is 28.8 Å². The maximum Gasteiger partial charge on any atom is 0.355 e. The number of hydrogen-bond acceptors (Lipinski definition) is 8. The Hall–Kier alpha value is -3.57. The third kappa shape index (κ3) is 3.65. The number of nitro groups is 1. The van der Waals surface area contributed by atoms with Gasteiger partial charge in [-0.05, 0) is 53.6 Å². The fraction of sp³-hybridized carbons (Fsp3) is 0.286. The van der Waals surface area contributed by atoms with Gasteiger partial charge in [0.2, 0.25) is 5.91 Å². The standard InChI is InChI=1S/C21H19N3O7S/c1-10(25)17-15-7-14(12-6-16(19(22)26)32-9-12)18(23(15)20(17)27)21(28)31-8-11-2-4-13(5-3-11)24(29)30/h2-6,9-10,15,17,25H,7-8H2,1H3,(H2,22,26)/t10-,15-,17-/m1/s1. The molecular weight excluding hydrogens is 438 g/mol. The number of esters is 1. The van der Waals surface area contributed by atoms with Crippen molar-refractivity contribution in [2.75, 3.05) is 0 Å². The number of β-lactam (4-membered cyclic amide) rings is 1. The molecule has 0 unspecified atom stereocenters. The number of hydrogen-bond donors (Lipinski definition) is 2. The molecule has 3 atom stereocenters. The van der Waals surface area contributed by atoms with Crippen molar-refractivity contribution < 1.29 is 29.2 Å². The number of non-ortho nitro benzene ring substituents is 1. The average Bonchev–Trinajstić information content (AvgIpc) is 3.35. The fourth-order valence-corrected chi connectivity index (χ4v) is 4.85. The van der Waals surface area contributed by atoms with Gasteiger partial charge in [0, 0.05) is 12.1 Å². The molecule has 166 valence electrons. The van der Waals surface area contributed by atoms with Crippen LogP contribution in [0.5, 0.6) is 0 Å². The van der Waals surface area contributed by atoms with Crippen LogP contribution in [0.25, 0.3) is 5.57 Å². The molecule has 0 aliphatic carbocycles. The van der Waals surface area contributed by atoms with E-state index in [1.807, 2.05) is 0 Å². The average molecular weight is 457 g/mol. The first-order valence-corrected chi connectivity index (χ1v) is 10.6. The van der Waals surface area contributed by atoms with E-state index in [4.69, 9.17) is 10.5 Å². The Morgan fingerprint density at radius 2 is 2.06 bits per heavy atom. The van der Waals surface area contributed by atoms with E-state index in [0.29, 0.717) is 28.0 Å². The van der Waals surface area contributed by atoms with Crippen molar-refractivity contribution in [3.05, 3.63) is 67.5 Å². The highest BCUT2D eigenvalue weighted by molar-refractivity contribution is 7.12. The monoisotopic (exact) mass is 457 g/mol. The summed E-state index contributed by atoms with van der Waals surface area (Å²) in [5.41, 5.74) is 7.02. The highest BCUT2D eigenvalue weighted by atomic mass is 32.1. The number of nitro benzene ring substituents is 1. The molecule has 4 rings (SSSR count). The second-order valence-electron chi connectivity index (χ2n) is 7.64. The molecule has 2 aromatic rings. The van der Waals surface area contributed by atoms with Crippen molar-refractivity contribution in [2.45, 2.75) is 32.1 Å². The van der Waals surface area contributed by atoms with Crippen LogP contribution in [-0.2, 0) is 20.9 Å². The number of aliphatic hydroxyl groups excluding tert-OH is 1. The Bertz CT molecular complexity index is 1150. The minimum Gasteiger partial charge on any atom is -0.456 e. The van der Waals surface area contributed by atoms with Gasteiger partial charge < -0.3 is 20.5 Å². The van der Waals surface area contributed by atoms with Crippen LogP contribution in [0.2, 0.25) is 0 Å². The number of amides is 2. The predicted molar refractivity (Wildman–Crippen MR) is 113 cm³/mol. The third-order valence-corrected chi connectivity index (χ3v) is 6.57. The number of fused-ring (bicyclic) bond motifs is 1. The number of aliphatic hydroxyl groups is 1. The molecule has 1 fully saturated rings. The van der Waals surface area contributed by atoms with Crippen LogP contribution in [0.15, 0.2) is 41.4 Å². The normalized spacial score (nSPS) is 20.6. The van der Waals surface area contributed by atoms with Gasteiger partial charge in [-0.3, -0.25) is 19.7 Å². The van der Waals surface area contributed by atoms with Crippen LogP contribution < -0.4 is 5.73 Å². The van der Waals surface area contributed by atoms with Gasteiger partial charge in [-0.25, -0.2) is 4.79 Å². The lowest BCUT2D eigenvalue weighted by molar-refractivity contribution is -0.384. The number of carbonyl (C=O) groups is 3. The zero-order chi connectivity index (χ0) is 23.2. The summed E-state index contributed by atoms with van der Waals surface area (Å²) in [6, 6.07) is 6.77. The van der Waals surface area contributed by atoms with Gasteiger partial charge in [0.05, 0.1) is 27.9 Å². The van der Waals surface area contributed by atoms with E-state index in [1.54, 1.807) is 11.4 Å². The molecule has 3 N–H and O–H groups in total. The molecule has 11 heteroatoms. The SMILES string of the molecule is C[C@@H](O)[C@H]1C(=O)N2C(C(=O)OCc3ccc([N+](=O)[O-])cc3)=C(c3csc(C(N)=O)c3)C[C@H]12. The number of primary amides is 1. The Labute approximate surface area is 186 Å². The van der Waals surface area contributed by atoms with E-state index in [9.17, 15) is 29.6 Å². The molecule has 0 radical (unpaired) electrons. The van der Waals surface area contributed by atoms with E-state index in [1.165, 1.54) is 36.1 Å². The number of ether oxygens (including phenoxy) is 1. The van der Waals surface area contributed by atoms with Crippen LogP contribution >= 0.6 is 11.3 Å². The molecule has 0 bridgehead atoms. The summed E-state index contributed by atoms with van der Waals surface area (Å²) in [5.74, 6) is -2.32. The second-order valence-corrected chi connectivity index (χ2v) is 8.55. The van der Waals surface area contributed by atoms with Gasteiger partial charge in [0.1, 0.15) is 12.3 Å². The van der Waals surface area contributed by atoms with Gasteiger partial charge in [0.15, 0.2) is 0 Å². The molecule has 0 spiro atoms. The summed E-state index contributed by atoms with van der Waals surface area (Å²) < 4.78 is 5.40. The Morgan fingerprint density at radius 3 is 2.62 bits per heavy atom. The van der Waals surface area contributed by atoms with Crippen molar-refractivity contribution in [1.82, 2.24) is 4.90 Å². The van der Waals surface area contributed by atoms with Crippen LogP contribution in [0.1, 0.15) is 34.1 Å². The van der Waals surface area contributed by atoms with Gasteiger partial charge >= 0.3 is 5.97 Å². The number of nitrogens with zero attached hydrogens (tertiary/aromatic N) is 2. The summed E-state index contributed by atoms with van der Waals surface area (Å²) in [4.78, 5) is 49.0. The molecule has 10 nitrogen and oxygen atoms in total. The fourth-order valence-electron chi connectivity index (χ4n) is 4.07. The molecule has 2 amide bonds. The van der Waals surface area contributed by atoms with Gasteiger partial charge in [-0.1, -0.05) is 0 Å². The number of nitrogens with two attached hydrogens (primary N) is 1. The molecule has 1 aromatic heterocycles. The summed E-state index contributed by atoms with van der Waals surface area (Å²) >= 11 is 1.13. The van der Waals surface area contributed by atoms with Gasteiger partial charge in [-0.2, -0.15) is 0 Å². The van der Waals surface area contributed by atoms with E-state index in [0.717, 1.165) is 11.3 Å². The summed E-state index contributed by atoms with van der Waals surface area (Å²) in [6.07, 6.45) is -0.540. The Morgan fingerprint density at radius 1 is 1.38 bits per heavy atom. The maximum absolute atomic E-state index is 13.0. The zero-order valence-corrected chi connectivity index (χ0v) is 17.7.